The third-order valence-electron chi connectivity index (χ3n) is 6.85. The van der Waals surface area contributed by atoms with E-state index in [-0.39, 0.29) is 0 Å². The van der Waals surface area contributed by atoms with Crippen molar-refractivity contribution in [2.45, 2.75) is 27.2 Å². The first-order valence-corrected chi connectivity index (χ1v) is 12.7. The molecule has 34 heavy (non-hydrogen) atoms. The molecule has 2 heterocycles. The highest BCUT2D eigenvalue weighted by molar-refractivity contribution is 5.87. The molecule has 2 aromatic rings. The van der Waals surface area contributed by atoms with Crippen molar-refractivity contribution < 1.29 is 0 Å². The topological polar surface area (TPSA) is 42.9 Å². The highest BCUT2D eigenvalue weighted by Crippen LogP contribution is 2.30. The number of allylic oxidation sites excluding steroid dienone is 3. The molecule has 0 aliphatic carbocycles. The lowest BCUT2D eigenvalue weighted by atomic mass is 9.96. The Hall–Kier alpha value is -2.89. The van der Waals surface area contributed by atoms with Gasteiger partial charge in [-0.25, -0.2) is 0 Å². The molecule has 0 amide bonds. The van der Waals surface area contributed by atoms with E-state index < -0.39 is 0 Å². The lowest BCUT2D eigenvalue weighted by Crippen LogP contribution is -2.43. The summed E-state index contributed by atoms with van der Waals surface area (Å²) in [7, 11) is 0. The van der Waals surface area contributed by atoms with Crippen molar-refractivity contribution in [2.75, 3.05) is 62.2 Å². The number of aliphatic imine (C=N–C) groups is 1. The lowest BCUT2D eigenvalue weighted by Gasteiger charge is -2.29. The third-order valence-corrected chi connectivity index (χ3v) is 6.85. The van der Waals surface area contributed by atoms with Crippen LogP contribution in [-0.4, -0.2) is 58.6 Å². The van der Waals surface area contributed by atoms with E-state index >= 15 is 0 Å². The van der Waals surface area contributed by atoms with Gasteiger partial charge in [0.15, 0.2) is 0 Å². The molecule has 0 aromatic heterocycles. The van der Waals surface area contributed by atoms with E-state index in [1.807, 2.05) is 13.1 Å². The Balaban J connectivity index is 1.61. The van der Waals surface area contributed by atoms with Crippen LogP contribution in [0.1, 0.15) is 38.3 Å². The van der Waals surface area contributed by atoms with Gasteiger partial charge in [-0.15, -0.1) is 0 Å². The third kappa shape index (κ3) is 5.96. The quantitative estimate of drug-likeness (QED) is 0.462. The van der Waals surface area contributed by atoms with Crippen LogP contribution < -0.4 is 20.4 Å². The Labute approximate surface area is 205 Å². The molecule has 4 rings (SSSR count). The molecule has 0 spiro atoms. The highest BCUT2D eigenvalue weighted by Gasteiger charge is 2.13. The van der Waals surface area contributed by atoms with Crippen LogP contribution in [0.25, 0.3) is 11.3 Å². The Morgan fingerprint density at radius 3 is 1.71 bits per heavy atom. The maximum atomic E-state index is 4.77. The van der Waals surface area contributed by atoms with Crippen LogP contribution >= 0.6 is 0 Å². The fourth-order valence-electron chi connectivity index (χ4n) is 4.66. The Morgan fingerprint density at radius 1 is 0.794 bits per heavy atom. The number of piperazine rings is 2. The number of nitrogens with zero attached hydrogens (tertiary/aromatic N) is 3. The van der Waals surface area contributed by atoms with Gasteiger partial charge in [0.05, 0.1) is 5.70 Å². The van der Waals surface area contributed by atoms with E-state index in [0.717, 1.165) is 70.0 Å². The average molecular weight is 458 g/mol. The molecule has 5 nitrogen and oxygen atoms in total. The van der Waals surface area contributed by atoms with Gasteiger partial charge < -0.3 is 20.4 Å². The molecule has 2 N–H and O–H groups in total. The smallest absolute Gasteiger partial charge is 0.0704 e. The Kier molecular flexibility index (Phi) is 8.56. The maximum Gasteiger partial charge on any atom is 0.0704 e. The predicted molar refractivity (Wildman–Crippen MR) is 148 cm³/mol. The van der Waals surface area contributed by atoms with Gasteiger partial charge in [-0.05, 0) is 61.7 Å². The minimum Gasteiger partial charge on any atom is -0.369 e. The first kappa shape index (κ1) is 24.2. The predicted octanol–water partition coefficient (Wildman–Crippen LogP) is 4.82. The normalized spacial score (nSPS) is 18.4. The van der Waals surface area contributed by atoms with E-state index in [1.165, 1.54) is 28.1 Å². The van der Waals surface area contributed by atoms with Crippen molar-refractivity contribution >= 4 is 28.9 Å². The van der Waals surface area contributed by atoms with Gasteiger partial charge in [0, 0.05) is 75.5 Å². The standard InChI is InChI=1S/C29H39N5/c1-4-23(3)28(24-6-10-26(11-7-24)33-18-14-30-15-19-33)22-29(32-5-2)25-8-12-27(13-9-25)34-20-16-31-17-21-34/h5-13,22,30-31H,4,14-21H2,1-3H3/b28-23-,29-22-,32-5?. The zero-order valence-electron chi connectivity index (χ0n) is 21.0. The van der Waals surface area contributed by atoms with Gasteiger partial charge in [-0.1, -0.05) is 36.8 Å². The highest BCUT2D eigenvalue weighted by atomic mass is 15.2. The summed E-state index contributed by atoms with van der Waals surface area (Å²) in [5.74, 6) is 0. The van der Waals surface area contributed by atoms with Crippen molar-refractivity contribution in [3.05, 3.63) is 71.3 Å². The molecule has 2 fully saturated rings. The van der Waals surface area contributed by atoms with Crippen molar-refractivity contribution in [2.24, 2.45) is 4.99 Å². The lowest BCUT2D eigenvalue weighted by molar-refractivity contribution is 0.589. The fourth-order valence-corrected chi connectivity index (χ4v) is 4.66. The van der Waals surface area contributed by atoms with E-state index in [1.54, 1.807) is 0 Å². The Bertz CT molecular complexity index is 1010. The molecule has 0 radical (unpaired) electrons. The summed E-state index contributed by atoms with van der Waals surface area (Å²) in [4.78, 5) is 9.67. The average Bonchev–Trinajstić information content (AvgIpc) is 2.92. The number of nitrogens with one attached hydrogen (secondary N) is 2. The van der Waals surface area contributed by atoms with Crippen LogP contribution in [-0.2, 0) is 0 Å². The summed E-state index contributed by atoms with van der Waals surface area (Å²) in [5, 5.41) is 6.86. The van der Waals surface area contributed by atoms with Crippen LogP contribution in [0.15, 0.2) is 65.2 Å². The van der Waals surface area contributed by atoms with Crippen molar-refractivity contribution in [3.63, 3.8) is 0 Å². The van der Waals surface area contributed by atoms with Gasteiger partial charge in [0.25, 0.3) is 0 Å². The molecule has 0 saturated carbocycles. The van der Waals surface area contributed by atoms with Crippen molar-refractivity contribution in [1.29, 1.82) is 0 Å². The zero-order chi connectivity index (χ0) is 23.8. The van der Waals surface area contributed by atoms with E-state index in [0.29, 0.717) is 0 Å². The van der Waals surface area contributed by atoms with Crippen molar-refractivity contribution in [3.8, 4) is 0 Å². The molecule has 5 heteroatoms. The van der Waals surface area contributed by atoms with Gasteiger partial charge in [0.2, 0.25) is 0 Å². The monoisotopic (exact) mass is 457 g/mol. The molecule has 2 aliphatic rings. The maximum absolute atomic E-state index is 4.77. The van der Waals surface area contributed by atoms with Gasteiger partial charge in [-0.2, -0.15) is 0 Å². The molecule has 2 aliphatic heterocycles. The number of anilines is 2. The van der Waals surface area contributed by atoms with Crippen LogP contribution in [0.4, 0.5) is 11.4 Å². The molecule has 2 saturated heterocycles. The summed E-state index contributed by atoms with van der Waals surface area (Å²) < 4.78 is 0. The van der Waals surface area contributed by atoms with Crippen LogP contribution in [0.2, 0.25) is 0 Å². The summed E-state index contributed by atoms with van der Waals surface area (Å²) in [6.45, 7) is 14.9. The van der Waals surface area contributed by atoms with Gasteiger partial charge in [-0.3, -0.25) is 4.99 Å². The summed E-state index contributed by atoms with van der Waals surface area (Å²) >= 11 is 0. The molecule has 0 unspecified atom stereocenters. The number of benzene rings is 2. The SMILES string of the molecule is CC=N/C(=C\C(=C(/C)CC)c1ccc(N2CCNCC2)cc1)c1ccc(N2CCNCC2)cc1. The van der Waals surface area contributed by atoms with Crippen molar-refractivity contribution in [1.82, 2.24) is 10.6 Å². The summed E-state index contributed by atoms with van der Waals surface area (Å²) in [6.07, 6.45) is 5.16. The summed E-state index contributed by atoms with van der Waals surface area (Å²) in [6, 6.07) is 18.0. The van der Waals surface area contributed by atoms with E-state index in [9.17, 15) is 0 Å². The zero-order valence-corrected chi connectivity index (χ0v) is 21.0. The number of rotatable bonds is 7. The molecule has 0 atom stereocenters. The minimum absolute atomic E-state index is 1.00. The fraction of sp³-hybridized carbons (Fsp3) is 0.414. The number of hydrogen-bond donors (Lipinski definition) is 2. The second-order valence-electron chi connectivity index (χ2n) is 9.03. The second kappa shape index (κ2) is 12.0. The van der Waals surface area contributed by atoms with Gasteiger partial charge >= 0.3 is 0 Å². The second-order valence-corrected chi connectivity index (χ2v) is 9.03. The molecule has 0 bridgehead atoms. The van der Waals surface area contributed by atoms with Crippen LogP contribution in [0.5, 0.6) is 0 Å². The first-order valence-electron chi connectivity index (χ1n) is 12.7. The summed E-state index contributed by atoms with van der Waals surface area (Å²) in [5.41, 5.74) is 8.63. The Morgan fingerprint density at radius 2 is 1.26 bits per heavy atom. The molecular weight excluding hydrogens is 418 g/mol. The number of hydrogen-bond acceptors (Lipinski definition) is 5. The van der Waals surface area contributed by atoms with E-state index in [2.05, 4.69) is 88.9 Å². The molecule has 180 valence electrons. The largest absolute Gasteiger partial charge is 0.369 e. The first-order chi connectivity index (χ1) is 16.7. The van der Waals surface area contributed by atoms with Gasteiger partial charge in [0.1, 0.15) is 0 Å². The minimum atomic E-state index is 1.00. The van der Waals surface area contributed by atoms with E-state index in [4.69, 9.17) is 4.99 Å². The molecule has 2 aromatic carbocycles. The molecular formula is C29H39N5. The van der Waals surface area contributed by atoms with Crippen LogP contribution in [0, 0.1) is 0 Å². The van der Waals surface area contributed by atoms with Crippen LogP contribution in [0.3, 0.4) is 0 Å².